The second kappa shape index (κ2) is 10.8. The molecule has 0 bridgehead atoms. The van der Waals surface area contributed by atoms with Crippen molar-refractivity contribution in [1.82, 2.24) is 14.5 Å². The van der Waals surface area contributed by atoms with Gasteiger partial charge in [0.15, 0.2) is 5.69 Å². The van der Waals surface area contributed by atoms with Gasteiger partial charge in [0, 0.05) is 19.6 Å². The lowest BCUT2D eigenvalue weighted by Gasteiger charge is -2.27. The van der Waals surface area contributed by atoms with Crippen LogP contribution in [0.15, 0.2) is 39.9 Å². The first-order valence-electron chi connectivity index (χ1n) is 10.4. The number of nitrogen functional groups attached to an aromatic ring is 1. The van der Waals surface area contributed by atoms with Gasteiger partial charge in [0.25, 0.3) is 5.56 Å². The minimum atomic E-state index is -0.632. The largest absolute Gasteiger partial charge is 0.383 e. The number of unbranched alkanes of at least 4 members (excludes halogenated alkanes) is 1. The van der Waals surface area contributed by atoms with E-state index in [1.165, 1.54) is 9.47 Å². The van der Waals surface area contributed by atoms with Crippen LogP contribution in [-0.2, 0) is 17.9 Å². The van der Waals surface area contributed by atoms with E-state index in [2.05, 4.69) is 4.98 Å². The molecule has 0 atom stereocenters. The highest BCUT2D eigenvalue weighted by Crippen LogP contribution is 2.19. The van der Waals surface area contributed by atoms with Crippen LogP contribution < -0.4 is 21.9 Å². The average molecular weight is 416 g/mol. The Kier molecular flexibility index (Phi) is 8.41. The number of hydrogen-bond acceptors (Lipinski definition) is 5. The molecular weight excluding hydrogens is 382 g/mol. The maximum atomic E-state index is 13.2. The first-order valence-corrected chi connectivity index (χ1v) is 10.4. The summed E-state index contributed by atoms with van der Waals surface area (Å²) in [6.45, 7) is 7.37. The maximum Gasteiger partial charge on any atom is 0.330 e. The quantitative estimate of drug-likeness (QED) is 0.618. The van der Waals surface area contributed by atoms with Crippen LogP contribution >= 0.6 is 0 Å². The minimum Gasteiger partial charge on any atom is -0.383 e. The summed E-state index contributed by atoms with van der Waals surface area (Å²) in [6, 6.07) is 9.86. The Morgan fingerprint density at radius 3 is 2.47 bits per heavy atom. The fourth-order valence-corrected chi connectivity index (χ4v) is 3.33. The lowest BCUT2D eigenvalue weighted by molar-refractivity contribution is -0.119. The van der Waals surface area contributed by atoms with Gasteiger partial charge in [-0.25, -0.2) is 4.79 Å². The molecule has 1 heterocycles. The molecule has 0 radical (unpaired) electrons. The summed E-state index contributed by atoms with van der Waals surface area (Å²) in [5, 5.41) is 0. The van der Waals surface area contributed by atoms with Crippen LogP contribution in [0.2, 0.25) is 0 Å². The van der Waals surface area contributed by atoms with Crippen LogP contribution in [-0.4, -0.2) is 40.5 Å². The minimum absolute atomic E-state index is 0.0348. The zero-order valence-electron chi connectivity index (χ0n) is 18.4. The number of anilines is 2. The van der Waals surface area contributed by atoms with E-state index in [0.717, 1.165) is 18.4 Å². The van der Waals surface area contributed by atoms with E-state index in [4.69, 9.17) is 5.73 Å². The van der Waals surface area contributed by atoms with Gasteiger partial charge in [-0.15, -0.1) is 0 Å². The highest BCUT2D eigenvalue weighted by Gasteiger charge is 2.25. The maximum absolute atomic E-state index is 13.2. The number of nitrogens with one attached hydrogen (secondary N) is 1. The second-order valence-electron chi connectivity index (χ2n) is 8.05. The van der Waals surface area contributed by atoms with E-state index in [1.807, 2.05) is 63.1 Å². The summed E-state index contributed by atoms with van der Waals surface area (Å²) >= 11 is 0. The van der Waals surface area contributed by atoms with Crippen molar-refractivity contribution in [2.24, 2.45) is 5.92 Å². The molecule has 0 unspecified atom stereocenters. The van der Waals surface area contributed by atoms with Gasteiger partial charge in [0.2, 0.25) is 5.91 Å². The number of H-pyrrole nitrogens is 1. The molecule has 164 valence electrons. The summed E-state index contributed by atoms with van der Waals surface area (Å²) < 4.78 is 1.33. The molecule has 8 heteroatoms. The Bertz CT molecular complexity index is 949. The summed E-state index contributed by atoms with van der Waals surface area (Å²) in [5.41, 5.74) is 6.20. The van der Waals surface area contributed by atoms with Gasteiger partial charge in [-0.1, -0.05) is 57.5 Å². The Labute approximate surface area is 177 Å². The van der Waals surface area contributed by atoms with Gasteiger partial charge < -0.3 is 10.6 Å². The van der Waals surface area contributed by atoms with Crippen molar-refractivity contribution < 1.29 is 4.79 Å². The van der Waals surface area contributed by atoms with Crippen molar-refractivity contribution in [1.29, 1.82) is 0 Å². The number of nitrogens with two attached hydrogens (primary N) is 1. The predicted molar refractivity (Wildman–Crippen MR) is 121 cm³/mol. The van der Waals surface area contributed by atoms with Crippen molar-refractivity contribution in [3.8, 4) is 0 Å². The standard InChI is InChI=1S/C22H33N5O3/c1-5-6-12-26(18(28)15-25(4)14-17-10-8-7-9-11-17)19-20(23)27(13-16(2)3)22(30)24-21(19)29/h7-11,16H,5-6,12-15,23H2,1-4H3,(H,24,29,30). The van der Waals surface area contributed by atoms with Gasteiger partial charge in [-0.05, 0) is 24.9 Å². The van der Waals surface area contributed by atoms with Crippen molar-refractivity contribution in [2.45, 2.75) is 46.7 Å². The van der Waals surface area contributed by atoms with Crippen molar-refractivity contribution in [3.05, 3.63) is 56.7 Å². The Morgan fingerprint density at radius 1 is 1.20 bits per heavy atom. The Hall–Kier alpha value is -2.87. The van der Waals surface area contributed by atoms with E-state index in [1.54, 1.807) is 0 Å². The molecule has 1 aromatic carbocycles. The summed E-state index contributed by atoms with van der Waals surface area (Å²) in [7, 11) is 1.86. The Balaban J connectivity index is 2.33. The smallest absolute Gasteiger partial charge is 0.330 e. The first kappa shape index (κ1) is 23.4. The van der Waals surface area contributed by atoms with E-state index < -0.39 is 11.2 Å². The van der Waals surface area contributed by atoms with Gasteiger partial charge in [-0.3, -0.25) is 24.0 Å². The summed E-state index contributed by atoms with van der Waals surface area (Å²) in [5.74, 6) is -0.0398. The molecule has 1 amide bonds. The number of carbonyl (C=O) groups excluding carboxylic acids is 1. The molecule has 0 saturated heterocycles. The number of aromatic amines is 1. The molecule has 2 aromatic rings. The molecule has 8 nitrogen and oxygen atoms in total. The molecule has 1 aromatic heterocycles. The molecule has 0 aliphatic carbocycles. The number of benzene rings is 1. The predicted octanol–water partition coefficient (Wildman–Crippen LogP) is 2.04. The number of aromatic nitrogens is 2. The van der Waals surface area contributed by atoms with E-state index in [9.17, 15) is 14.4 Å². The fourth-order valence-electron chi connectivity index (χ4n) is 3.33. The fraction of sp³-hybridized carbons (Fsp3) is 0.500. The van der Waals surface area contributed by atoms with Crippen molar-refractivity contribution in [3.63, 3.8) is 0 Å². The van der Waals surface area contributed by atoms with Gasteiger partial charge in [-0.2, -0.15) is 0 Å². The monoisotopic (exact) mass is 415 g/mol. The third-order valence-corrected chi connectivity index (χ3v) is 4.77. The molecular formula is C22H33N5O3. The molecule has 0 aliphatic heterocycles. The van der Waals surface area contributed by atoms with Gasteiger partial charge in [0.05, 0.1) is 6.54 Å². The van der Waals surface area contributed by atoms with Crippen LogP contribution in [0.5, 0.6) is 0 Å². The lowest BCUT2D eigenvalue weighted by Crippen LogP contribution is -2.45. The molecule has 0 fully saturated rings. The van der Waals surface area contributed by atoms with E-state index in [0.29, 0.717) is 19.6 Å². The molecule has 0 spiro atoms. The average Bonchev–Trinajstić information content (AvgIpc) is 2.68. The van der Waals surface area contributed by atoms with Gasteiger partial charge in [0.1, 0.15) is 5.82 Å². The highest BCUT2D eigenvalue weighted by molar-refractivity contribution is 5.96. The normalized spacial score (nSPS) is 11.3. The number of rotatable bonds is 10. The molecule has 3 N–H and O–H groups in total. The van der Waals surface area contributed by atoms with Crippen LogP contribution in [0, 0.1) is 5.92 Å². The third-order valence-electron chi connectivity index (χ3n) is 4.77. The first-order chi connectivity index (χ1) is 14.2. The topological polar surface area (TPSA) is 104 Å². The van der Waals surface area contributed by atoms with Crippen molar-refractivity contribution >= 4 is 17.4 Å². The second-order valence-corrected chi connectivity index (χ2v) is 8.05. The molecule has 0 aliphatic rings. The van der Waals surface area contributed by atoms with Crippen LogP contribution in [0.3, 0.4) is 0 Å². The summed E-state index contributed by atoms with van der Waals surface area (Å²) in [6.07, 6.45) is 1.57. The lowest BCUT2D eigenvalue weighted by atomic mass is 10.2. The number of hydrogen-bond donors (Lipinski definition) is 2. The molecule has 2 rings (SSSR count). The zero-order valence-corrected chi connectivity index (χ0v) is 18.4. The van der Waals surface area contributed by atoms with E-state index >= 15 is 0 Å². The third kappa shape index (κ3) is 6.06. The van der Waals surface area contributed by atoms with Crippen LogP contribution in [0.1, 0.15) is 39.2 Å². The van der Waals surface area contributed by atoms with Crippen LogP contribution in [0.4, 0.5) is 11.5 Å². The summed E-state index contributed by atoms with van der Waals surface area (Å²) in [4.78, 5) is 43.7. The number of nitrogens with zero attached hydrogens (tertiary/aromatic N) is 3. The number of carbonyl (C=O) groups is 1. The molecule has 0 saturated carbocycles. The van der Waals surface area contributed by atoms with E-state index in [-0.39, 0.29) is 29.9 Å². The van der Waals surface area contributed by atoms with Crippen molar-refractivity contribution in [2.75, 3.05) is 30.8 Å². The SMILES string of the molecule is CCCCN(C(=O)CN(C)Cc1ccccc1)c1c(N)n(CC(C)C)c(=O)[nH]c1=O. The number of amides is 1. The van der Waals surface area contributed by atoms with Crippen LogP contribution in [0.25, 0.3) is 0 Å². The zero-order chi connectivity index (χ0) is 22.3. The Morgan fingerprint density at radius 2 is 1.87 bits per heavy atom. The van der Waals surface area contributed by atoms with Gasteiger partial charge >= 0.3 is 5.69 Å². The number of likely N-dealkylation sites (N-methyl/N-ethyl adjacent to an activating group) is 1. The molecule has 30 heavy (non-hydrogen) atoms. The highest BCUT2D eigenvalue weighted by atomic mass is 16.2.